The molecule has 1 unspecified atom stereocenters. The average molecular weight is 235 g/mol. The Hall–Kier alpha value is -0.970. The van der Waals surface area contributed by atoms with E-state index < -0.39 is 12.5 Å². The second kappa shape index (κ2) is 3.51. The second-order valence-electron chi connectivity index (χ2n) is 4.96. The van der Waals surface area contributed by atoms with E-state index in [1.807, 2.05) is 18.2 Å². The highest BCUT2D eigenvalue weighted by Crippen LogP contribution is 2.46. The van der Waals surface area contributed by atoms with Crippen molar-refractivity contribution >= 4 is 0 Å². The predicted molar refractivity (Wildman–Crippen MR) is 59.1 cm³/mol. The molecule has 0 aromatic heterocycles. The van der Waals surface area contributed by atoms with Gasteiger partial charge in [-0.25, -0.2) is 4.39 Å². The second-order valence-corrected chi connectivity index (χ2v) is 4.96. The first-order chi connectivity index (χ1) is 8.34. The van der Waals surface area contributed by atoms with Gasteiger partial charge in [-0.2, -0.15) is 0 Å². The van der Waals surface area contributed by atoms with Gasteiger partial charge in [0.15, 0.2) is 12.5 Å². The molecule has 0 spiro atoms. The molecule has 1 aromatic rings. The van der Waals surface area contributed by atoms with Crippen LogP contribution in [0.1, 0.15) is 5.56 Å². The van der Waals surface area contributed by atoms with E-state index in [-0.39, 0.29) is 18.2 Å². The molecule has 0 radical (unpaired) electrons. The van der Waals surface area contributed by atoms with Crippen LogP contribution in [0, 0.1) is 0 Å². The Balaban J connectivity index is 1.52. The molecular formula is C13H14FNO2. The van der Waals surface area contributed by atoms with Gasteiger partial charge in [-0.15, -0.1) is 0 Å². The first kappa shape index (κ1) is 10.00. The third kappa shape index (κ3) is 1.44. The van der Waals surface area contributed by atoms with E-state index in [1.54, 1.807) is 0 Å². The molecule has 0 aliphatic carbocycles. The SMILES string of the molecule is F[C@H]1[C@@H]2OC[C@@H](O2)[C@H]2[C@@H]1N2Cc1ccccc1. The molecule has 6 atom stereocenters. The van der Waals surface area contributed by atoms with Gasteiger partial charge in [-0.3, -0.25) is 4.90 Å². The maximum atomic E-state index is 14.0. The number of benzene rings is 1. The van der Waals surface area contributed by atoms with E-state index in [4.69, 9.17) is 9.47 Å². The number of ether oxygens (including phenoxy) is 2. The minimum Gasteiger partial charge on any atom is -0.347 e. The number of alkyl halides is 1. The van der Waals surface area contributed by atoms with Crippen molar-refractivity contribution in [3.8, 4) is 0 Å². The highest BCUT2D eigenvalue weighted by atomic mass is 19.1. The Morgan fingerprint density at radius 3 is 2.88 bits per heavy atom. The highest BCUT2D eigenvalue weighted by Gasteiger charge is 2.65. The van der Waals surface area contributed by atoms with Gasteiger partial charge in [0.05, 0.1) is 18.7 Å². The summed E-state index contributed by atoms with van der Waals surface area (Å²) in [5.41, 5.74) is 1.23. The van der Waals surface area contributed by atoms with Crippen LogP contribution < -0.4 is 0 Å². The lowest BCUT2D eigenvalue weighted by Crippen LogP contribution is -2.36. The monoisotopic (exact) mass is 235 g/mol. The fourth-order valence-electron chi connectivity index (χ4n) is 3.08. The molecule has 4 rings (SSSR count). The molecule has 2 bridgehead atoms. The molecule has 4 heteroatoms. The lowest BCUT2D eigenvalue weighted by molar-refractivity contribution is -0.117. The van der Waals surface area contributed by atoms with Crippen LogP contribution in [0.25, 0.3) is 0 Å². The summed E-state index contributed by atoms with van der Waals surface area (Å²) in [6.45, 7) is 1.35. The Bertz CT molecular complexity index is 423. The van der Waals surface area contributed by atoms with E-state index in [1.165, 1.54) is 5.56 Å². The van der Waals surface area contributed by atoms with Crippen molar-refractivity contribution in [3.05, 3.63) is 35.9 Å². The summed E-state index contributed by atoms with van der Waals surface area (Å²) in [6, 6.07) is 10.4. The van der Waals surface area contributed by atoms with Gasteiger partial charge < -0.3 is 9.47 Å². The van der Waals surface area contributed by atoms with E-state index in [0.29, 0.717) is 6.61 Å². The first-order valence-corrected chi connectivity index (χ1v) is 6.05. The van der Waals surface area contributed by atoms with Crippen molar-refractivity contribution in [3.63, 3.8) is 0 Å². The average Bonchev–Trinajstić information content (AvgIpc) is 2.90. The molecular weight excluding hydrogens is 221 g/mol. The lowest BCUT2D eigenvalue weighted by atomic mass is 10.1. The minimum atomic E-state index is -0.998. The van der Waals surface area contributed by atoms with E-state index in [2.05, 4.69) is 17.0 Å². The summed E-state index contributed by atoms with van der Waals surface area (Å²) in [5.74, 6) is 0. The summed E-state index contributed by atoms with van der Waals surface area (Å²) in [5, 5.41) is 0. The third-order valence-electron chi connectivity index (χ3n) is 3.93. The Morgan fingerprint density at radius 2 is 2.06 bits per heavy atom. The standard InChI is InChI=1S/C13H14FNO2/c14-10-12-11(9-7-16-13(10)17-9)15(12)6-8-4-2-1-3-5-8/h1-5,9-13H,6-7H2/t9-,10-,11+,12-,13-,15?/m1/s1. The Morgan fingerprint density at radius 1 is 1.24 bits per heavy atom. The van der Waals surface area contributed by atoms with Crippen LogP contribution in [-0.4, -0.2) is 42.2 Å². The fourth-order valence-corrected chi connectivity index (χ4v) is 3.08. The number of halogens is 1. The van der Waals surface area contributed by atoms with Crippen molar-refractivity contribution in [2.75, 3.05) is 6.61 Å². The van der Waals surface area contributed by atoms with Crippen LogP contribution in [-0.2, 0) is 16.0 Å². The number of hydrogen-bond acceptors (Lipinski definition) is 3. The molecule has 3 heterocycles. The third-order valence-corrected chi connectivity index (χ3v) is 3.93. The van der Waals surface area contributed by atoms with Crippen LogP contribution in [0.3, 0.4) is 0 Å². The molecule has 17 heavy (non-hydrogen) atoms. The molecule has 3 fully saturated rings. The minimum absolute atomic E-state index is 0.00135. The van der Waals surface area contributed by atoms with Gasteiger partial charge in [0.1, 0.15) is 6.10 Å². The van der Waals surface area contributed by atoms with Crippen molar-refractivity contribution in [1.29, 1.82) is 0 Å². The van der Waals surface area contributed by atoms with Crippen LogP contribution >= 0.6 is 0 Å². The maximum Gasteiger partial charge on any atom is 0.191 e. The summed E-state index contributed by atoms with van der Waals surface area (Å²) in [7, 11) is 0. The number of rotatable bonds is 2. The fraction of sp³-hybridized carbons (Fsp3) is 0.538. The van der Waals surface area contributed by atoms with Crippen molar-refractivity contribution in [2.24, 2.45) is 0 Å². The molecule has 0 saturated carbocycles. The van der Waals surface area contributed by atoms with Crippen LogP contribution in [0.2, 0.25) is 0 Å². The molecule has 3 nitrogen and oxygen atoms in total. The molecule has 3 aliphatic rings. The first-order valence-electron chi connectivity index (χ1n) is 6.05. The lowest BCUT2D eigenvalue weighted by Gasteiger charge is -2.18. The van der Waals surface area contributed by atoms with Gasteiger partial charge in [-0.1, -0.05) is 30.3 Å². The largest absolute Gasteiger partial charge is 0.347 e. The summed E-state index contributed by atoms with van der Waals surface area (Å²) < 4.78 is 24.7. The molecule has 3 aliphatic heterocycles. The Labute approximate surface area is 99.1 Å². The quantitative estimate of drug-likeness (QED) is 0.722. The van der Waals surface area contributed by atoms with Gasteiger partial charge in [0.2, 0.25) is 0 Å². The van der Waals surface area contributed by atoms with Crippen molar-refractivity contribution in [1.82, 2.24) is 4.90 Å². The number of hydrogen-bond donors (Lipinski definition) is 0. The van der Waals surface area contributed by atoms with Gasteiger partial charge >= 0.3 is 0 Å². The van der Waals surface area contributed by atoms with E-state index in [0.717, 1.165) is 6.54 Å². The van der Waals surface area contributed by atoms with Crippen molar-refractivity contribution < 1.29 is 13.9 Å². The number of nitrogens with zero attached hydrogens (tertiary/aromatic N) is 1. The summed E-state index contributed by atoms with van der Waals surface area (Å²) in [4.78, 5) is 2.19. The van der Waals surface area contributed by atoms with Gasteiger partial charge in [-0.05, 0) is 5.56 Å². The van der Waals surface area contributed by atoms with Crippen molar-refractivity contribution in [2.45, 2.75) is 37.2 Å². The summed E-state index contributed by atoms with van der Waals surface area (Å²) >= 11 is 0. The zero-order chi connectivity index (χ0) is 11.4. The molecule has 0 amide bonds. The molecule has 90 valence electrons. The number of fused-ring (bicyclic) bond motifs is 4. The normalized spacial score (nSPS) is 46.6. The molecule has 1 aromatic carbocycles. The summed E-state index contributed by atoms with van der Waals surface area (Å²) in [6.07, 6.45) is -1.55. The van der Waals surface area contributed by atoms with E-state index >= 15 is 0 Å². The smallest absolute Gasteiger partial charge is 0.191 e. The maximum absolute atomic E-state index is 14.0. The van der Waals surface area contributed by atoms with Crippen LogP contribution in [0.4, 0.5) is 4.39 Å². The molecule has 0 N–H and O–H groups in total. The zero-order valence-corrected chi connectivity index (χ0v) is 9.33. The topological polar surface area (TPSA) is 21.5 Å². The predicted octanol–water partition coefficient (Wildman–Crippen LogP) is 1.33. The van der Waals surface area contributed by atoms with Crippen LogP contribution in [0.5, 0.6) is 0 Å². The van der Waals surface area contributed by atoms with Gasteiger partial charge in [0.25, 0.3) is 0 Å². The highest BCUT2D eigenvalue weighted by molar-refractivity contribution is 5.21. The zero-order valence-electron chi connectivity index (χ0n) is 9.33. The molecule has 3 saturated heterocycles. The van der Waals surface area contributed by atoms with Crippen LogP contribution in [0.15, 0.2) is 30.3 Å². The van der Waals surface area contributed by atoms with E-state index in [9.17, 15) is 4.39 Å². The van der Waals surface area contributed by atoms with Gasteiger partial charge in [0, 0.05) is 6.54 Å². The Kier molecular flexibility index (Phi) is 2.06.